The summed E-state index contributed by atoms with van der Waals surface area (Å²) in [5.74, 6) is 1.16. The van der Waals surface area contributed by atoms with E-state index in [-0.39, 0.29) is 10.2 Å². The Morgan fingerprint density at radius 2 is 2.29 bits per heavy atom. The van der Waals surface area contributed by atoms with Gasteiger partial charge in [-0.1, -0.05) is 6.92 Å². The van der Waals surface area contributed by atoms with Gasteiger partial charge in [-0.25, -0.2) is 9.97 Å². The van der Waals surface area contributed by atoms with Gasteiger partial charge in [0.15, 0.2) is 5.03 Å². The van der Waals surface area contributed by atoms with Gasteiger partial charge in [-0.2, -0.15) is 12.8 Å². The van der Waals surface area contributed by atoms with Crippen molar-refractivity contribution in [1.82, 2.24) is 19.3 Å². The molecule has 92 valence electrons. The first-order chi connectivity index (χ1) is 8.01. The number of sulfonamides is 1. The molecule has 0 atom stereocenters. The van der Waals surface area contributed by atoms with Gasteiger partial charge in [0.2, 0.25) is 5.13 Å². The summed E-state index contributed by atoms with van der Waals surface area (Å²) in [4.78, 5) is 10.6. The van der Waals surface area contributed by atoms with E-state index in [0.29, 0.717) is 18.1 Å². The van der Waals surface area contributed by atoms with Gasteiger partial charge in [0, 0.05) is 18.0 Å². The molecule has 0 bridgehead atoms. The van der Waals surface area contributed by atoms with Crippen molar-refractivity contribution >= 4 is 26.7 Å². The molecule has 0 aliphatic heterocycles. The maximum absolute atomic E-state index is 11.9. The smallest absolute Gasteiger partial charge is 0.280 e. The van der Waals surface area contributed by atoms with Crippen molar-refractivity contribution in [2.45, 2.75) is 25.3 Å². The third-order valence-electron chi connectivity index (χ3n) is 1.98. The number of rotatable bonds is 4. The monoisotopic (exact) mass is 273 g/mol. The van der Waals surface area contributed by atoms with Gasteiger partial charge in [-0.05, 0) is 6.92 Å². The molecule has 0 aromatic carbocycles. The average Bonchev–Trinajstić information content (AvgIpc) is 2.86. The molecule has 0 saturated heterocycles. The van der Waals surface area contributed by atoms with Gasteiger partial charge in [-0.3, -0.25) is 4.72 Å². The van der Waals surface area contributed by atoms with Gasteiger partial charge in [0.1, 0.15) is 11.6 Å². The van der Waals surface area contributed by atoms with Gasteiger partial charge in [-0.15, -0.1) is 0 Å². The van der Waals surface area contributed by atoms with E-state index in [1.165, 1.54) is 6.20 Å². The lowest BCUT2D eigenvalue weighted by Crippen LogP contribution is -2.13. The van der Waals surface area contributed by atoms with E-state index in [4.69, 9.17) is 0 Å². The van der Waals surface area contributed by atoms with Crippen LogP contribution in [0.1, 0.15) is 18.6 Å². The first-order valence-corrected chi connectivity index (χ1v) is 7.14. The molecule has 0 saturated carbocycles. The highest BCUT2D eigenvalue weighted by Crippen LogP contribution is 2.16. The summed E-state index contributed by atoms with van der Waals surface area (Å²) in [5.41, 5.74) is 0. The van der Waals surface area contributed by atoms with Crippen molar-refractivity contribution in [2.75, 3.05) is 4.72 Å². The SMILES string of the molecule is CCc1ncc(S(=O)(=O)Nc2nc(C)ns2)[nH]1. The molecule has 2 heterocycles. The van der Waals surface area contributed by atoms with Crippen molar-refractivity contribution in [2.24, 2.45) is 0 Å². The van der Waals surface area contributed by atoms with Crippen molar-refractivity contribution in [1.29, 1.82) is 0 Å². The second-order valence-corrected chi connectivity index (χ2v) is 5.70. The fourth-order valence-electron chi connectivity index (χ4n) is 1.17. The molecule has 2 aromatic rings. The Morgan fingerprint density at radius 1 is 1.53 bits per heavy atom. The third kappa shape index (κ3) is 2.61. The number of H-pyrrole nitrogens is 1. The third-order valence-corrected chi connectivity index (χ3v) is 4.08. The highest BCUT2D eigenvalue weighted by atomic mass is 32.2. The van der Waals surface area contributed by atoms with E-state index >= 15 is 0 Å². The Labute approximate surface area is 103 Å². The molecule has 0 unspecified atom stereocenters. The predicted octanol–water partition coefficient (Wildman–Crippen LogP) is 0.933. The molecule has 17 heavy (non-hydrogen) atoms. The molecule has 0 aliphatic carbocycles. The van der Waals surface area contributed by atoms with E-state index in [1.807, 2.05) is 6.92 Å². The Kier molecular flexibility index (Phi) is 3.11. The summed E-state index contributed by atoms with van der Waals surface area (Å²) in [6, 6.07) is 0. The first kappa shape index (κ1) is 12.0. The number of nitrogens with zero attached hydrogens (tertiary/aromatic N) is 3. The number of anilines is 1. The fraction of sp³-hybridized carbons (Fsp3) is 0.375. The van der Waals surface area contributed by atoms with Crippen LogP contribution in [0.2, 0.25) is 0 Å². The standard InChI is InChI=1S/C8H11N5O2S2/c1-3-6-9-4-7(11-6)17(14,15)13-8-10-5(2)12-16-8/h4H,3H2,1-2H3,(H,9,11)(H,10,12,13). The van der Waals surface area contributed by atoms with Gasteiger partial charge in [0.05, 0.1) is 6.20 Å². The van der Waals surface area contributed by atoms with Crippen LogP contribution in [0, 0.1) is 6.92 Å². The van der Waals surface area contributed by atoms with Crippen LogP contribution in [0.3, 0.4) is 0 Å². The molecular formula is C8H11N5O2S2. The van der Waals surface area contributed by atoms with Crippen molar-refractivity contribution < 1.29 is 8.42 Å². The maximum Gasteiger partial charge on any atom is 0.280 e. The van der Waals surface area contributed by atoms with Crippen LogP contribution in [-0.4, -0.2) is 27.7 Å². The largest absolute Gasteiger partial charge is 0.332 e. The summed E-state index contributed by atoms with van der Waals surface area (Å²) in [5, 5.41) is 0.275. The van der Waals surface area contributed by atoms with Crippen LogP contribution in [0.25, 0.3) is 0 Å². The lowest BCUT2D eigenvalue weighted by Gasteiger charge is -2.00. The summed E-state index contributed by atoms with van der Waals surface area (Å²) in [6.07, 6.45) is 1.93. The van der Waals surface area contributed by atoms with Gasteiger partial charge < -0.3 is 4.98 Å². The Balaban J connectivity index is 2.24. The van der Waals surface area contributed by atoms with Crippen LogP contribution in [0.5, 0.6) is 0 Å². The molecule has 0 aliphatic rings. The highest BCUT2D eigenvalue weighted by molar-refractivity contribution is 7.92. The molecule has 2 aromatic heterocycles. The minimum atomic E-state index is -3.65. The summed E-state index contributed by atoms with van der Waals surface area (Å²) in [6.45, 7) is 3.58. The van der Waals surface area contributed by atoms with Crippen LogP contribution in [0.4, 0.5) is 5.13 Å². The van der Waals surface area contributed by atoms with E-state index in [9.17, 15) is 8.42 Å². The van der Waals surface area contributed by atoms with E-state index in [2.05, 4.69) is 24.0 Å². The van der Waals surface area contributed by atoms with E-state index in [0.717, 1.165) is 11.5 Å². The zero-order chi connectivity index (χ0) is 12.5. The molecule has 7 nitrogen and oxygen atoms in total. The quantitative estimate of drug-likeness (QED) is 0.863. The minimum absolute atomic E-state index is 0.0298. The van der Waals surface area contributed by atoms with Crippen LogP contribution < -0.4 is 4.72 Å². The predicted molar refractivity (Wildman–Crippen MR) is 63.4 cm³/mol. The van der Waals surface area contributed by atoms with Crippen molar-refractivity contribution in [3.8, 4) is 0 Å². The second kappa shape index (κ2) is 4.41. The Bertz CT molecular complexity index is 615. The highest BCUT2D eigenvalue weighted by Gasteiger charge is 2.18. The molecule has 0 radical (unpaired) electrons. The molecule has 0 amide bonds. The topological polar surface area (TPSA) is 101 Å². The Hall–Kier alpha value is -1.48. The summed E-state index contributed by atoms with van der Waals surface area (Å²) >= 11 is 0.998. The fourth-order valence-corrected chi connectivity index (χ4v) is 2.91. The van der Waals surface area contributed by atoms with Crippen LogP contribution >= 0.6 is 11.5 Å². The number of aromatic nitrogens is 4. The summed E-state index contributed by atoms with van der Waals surface area (Å²) < 4.78 is 30.0. The number of hydrogen-bond donors (Lipinski definition) is 2. The molecule has 2 N–H and O–H groups in total. The lowest BCUT2D eigenvalue weighted by atomic mass is 10.5. The number of aryl methyl sites for hydroxylation is 2. The van der Waals surface area contributed by atoms with Gasteiger partial charge >= 0.3 is 0 Å². The maximum atomic E-state index is 11.9. The first-order valence-electron chi connectivity index (χ1n) is 4.88. The normalized spacial score (nSPS) is 11.6. The zero-order valence-corrected chi connectivity index (χ0v) is 10.9. The lowest BCUT2D eigenvalue weighted by molar-refractivity contribution is 0.598. The van der Waals surface area contributed by atoms with Gasteiger partial charge in [0.25, 0.3) is 10.0 Å². The molecule has 0 spiro atoms. The number of hydrogen-bond acceptors (Lipinski definition) is 6. The molecule has 2 rings (SSSR count). The van der Waals surface area contributed by atoms with E-state index < -0.39 is 10.0 Å². The van der Waals surface area contributed by atoms with E-state index in [1.54, 1.807) is 6.92 Å². The van der Waals surface area contributed by atoms with Crippen LogP contribution in [-0.2, 0) is 16.4 Å². The minimum Gasteiger partial charge on any atom is -0.332 e. The summed E-state index contributed by atoms with van der Waals surface area (Å²) in [7, 11) is -3.65. The zero-order valence-electron chi connectivity index (χ0n) is 9.26. The number of imidazole rings is 1. The second-order valence-electron chi connectivity index (χ2n) is 3.30. The number of nitrogens with one attached hydrogen (secondary N) is 2. The van der Waals surface area contributed by atoms with Crippen LogP contribution in [0.15, 0.2) is 11.2 Å². The molecular weight excluding hydrogens is 262 g/mol. The van der Waals surface area contributed by atoms with Crippen molar-refractivity contribution in [3.05, 3.63) is 17.8 Å². The van der Waals surface area contributed by atoms with Crippen molar-refractivity contribution in [3.63, 3.8) is 0 Å². The molecule has 9 heteroatoms. The Morgan fingerprint density at radius 3 is 2.82 bits per heavy atom. The average molecular weight is 273 g/mol. The number of aromatic amines is 1. The molecule has 0 fully saturated rings.